The van der Waals surface area contributed by atoms with E-state index in [9.17, 15) is 18.8 Å². The van der Waals surface area contributed by atoms with Crippen molar-refractivity contribution in [2.45, 2.75) is 26.8 Å². The molecule has 0 aromatic heterocycles. The quantitative estimate of drug-likeness (QED) is 0.816. The first-order chi connectivity index (χ1) is 10.2. The molecule has 0 aliphatic heterocycles. The summed E-state index contributed by atoms with van der Waals surface area (Å²) in [6.07, 6.45) is 0. The standard InChI is InChI=1S/C15H20FN3O3/c1-9(2)17-13(20)8-19(4)15(22)14(21)18-11-6-5-10(3)12(16)7-11/h5-7,9H,8H2,1-4H3,(H,17,20)(H,18,21). The Morgan fingerprint density at radius 2 is 1.91 bits per heavy atom. The predicted octanol–water partition coefficient (Wildman–Crippen LogP) is 1.06. The van der Waals surface area contributed by atoms with Gasteiger partial charge in [-0.15, -0.1) is 0 Å². The minimum Gasteiger partial charge on any atom is -0.352 e. The number of carbonyl (C=O) groups excluding carboxylic acids is 3. The number of aryl methyl sites for hydroxylation is 1. The molecule has 2 N–H and O–H groups in total. The van der Waals surface area contributed by atoms with Crippen LogP contribution in [-0.2, 0) is 14.4 Å². The highest BCUT2D eigenvalue weighted by molar-refractivity contribution is 6.39. The number of anilines is 1. The number of rotatable bonds is 4. The Balaban J connectivity index is 2.62. The van der Waals surface area contributed by atoms with Gasteiger partial charge in [-0.2, -0.15) is 0 Å². The highest BCUT2D eigenvalue weighted by Crippen LogP contribution is 2.13. The fraction of sp³-hybridized carbons (Fsp3) is 0.400. The highest BCUT2D eigenvalue weighted by Gasteiger charge is 2.21. The van der Waals surface area contributed by atoms with Crippen LogP contribution in [-0.4, -0.2) is 42.3 Å². The van der Waals surface area contributed by atoms with E-state index in [0.29, 0.717) is 5.56 Å². The summed E-state index contributed by atoms with van der Waals surface area (Å²) in [7, 11) is 1.34. The van der Waals surface area contributed by atoms with Crippen LogP contribution in [0.3, 0.4) is 0 Å². The van der Waals surface area contributed by atoms with E-state index in [1.54, 1.807) is 20.8 Å². The Bertz CT molecular complexity index is 587. The van der Waals surface area contributed by atoms with Crippen LogP contribution >= 0.6 is 0 Å². The minimum atomic E-state index is -0.928. The van der Waals surface area contributed by atoms with Crippen molar-refractivity contribution in [3.8, 4) is 0 Å². The number of nitrogens with zero attached hydrogens (tertiary/aromatic N) is 1. The van der Waals surface area contributed by atoms with Crippen molar-refractivity contribution in [3.63, 3.8) is 0 Å². The number of carbonyl (C=O) groups is 3. The zero-order chi connectivity index (χ0) is 16.9. The molecule has 0 bridgehead atoms. The van der Waals surface area contributed by atoms with Gasteiger partial charge in [0.1, 0.15) is 5.82 Å². The largest absolute Gasteiger partial charge is 0.352 e. The molecule has 3 amide bonds. The van der Waals surface area contributed by atoms with Gasteiger partial charge < -0.3 is 15.5 Å². The molecular formula is C15H20FN3O3. The van der Waals surface area contributed by atoms with E-state index in [0.717, 1.165) is 11.0 Å². The second kappa shape index (κ2) is 7.53. The van der Waals surface area contributed by atoms with Gasteiger partial charge in [-0.1, -0.05) is 6.07 Å². The third-order valence-corrected chi connectivity index (χ3v) is 2.80. The molecule has 0 heterocycles. The van der Waals surface area contributed by atoms with Gasteiger partial charge in [-0.05, 0) is 38.5 Å². The van der Waals surface area contributed by atoms with Gasteiger partial charge in [0.25, 0.3) is 0 Å². The van der Waals surface area contributed by atoms with E-state index >= 15 is 0 Å². The SMILES string of the molecule is Cc1ccc(NC(=O)C(=O)N(C)CC(=O)NC(C)C)cc1F. The molecule has 0 aliphatic rings. The van der Waals surface area contributed by atoms with Crippen LogP contribution in [0.25, 0.3) is 0 Å². The molecule has 0 spiro atoms. The van der Waals surface area contributed by atoms with E-state index in [4.69, 9.17) is 0 Å². The lowest BCUT2D eigenvalue weighted by Crippen LogP contribution is -2.44. The predicted molar refractivity (Wildman–Crippen MR) is 80.7 cm³/mol. The second-order valence-corrected chi connectivity index (χ2v) is 5.30. The Kier molecular flexibility index (Phi) is 6.03. The number of hydrogen-bond acceptors (Lipinski definition) is 3. The van der Waals surface area contributed by atoms with Crippen molar-refractivity contribution < 1.29 is 18.8 Å². The smallest absolute Gasteiger partial charge is 0.313 e. The first kappa shape index (κ1) is 17.6. The molecule has 0 fully saturated rings. The van der Waals surface area contributed by atoms with Crippen LogP contribution in [0, 0.1) is 12.7 Å². The van der Waals surface area contributed by atoms with Crippen LogP contribution in [0.5, 0.6) is 0 Å². The van der Waals surface area contributed by atoms with Crippen LogP contribution < -0.4 is 10.6 Å². The lowest BCUT2D eigenvalue weighted by molar-refractivity contribution is -0.143. The molecule has 22 heavy (non-hydrogen) atoms. The first-order valence-corrected chi connectivity index (χ1v) is 6.82. The normalized spacial score (nSPS) is 10.3. The molecule has 1 aromatic carbocycles. The summed E-state index contributed by atoms with van der Waals surface area (Å²) in [5.74, 6) is -2.64. The molecule has 0 saturated heterocycles. The van der Waals surface area contributed by atoms with Crippen molar-refractivity contribution in [2.24, 2.45) is 0 Å². The van der Waals surface area contributed by atoms with E-state index in [1.165, 1.54) is 19.2 Å². The van der Waals surface area contributed by atoms with Crippen LogP contribution in [0.1, 0.15) is 19.4 Å². The topological polar surface area (TPSA) is 78.5 Å². The zero-order valence-corrected chi connectivity index (χ0v) is 13.1. The molecule has 0 saturated carbocycles. The Morgan fingerprint density at radius 1 is 1.27 bits per heavy atom. The zero-order valence-electron chi connectivity index (χ0n) is 13.1. The number of benzene rings is 1. The molecule has 120 valence electrons. The summed E-state index contributed by atoms with van der Waals surface area (Å²) in [6.45, 7) is 4.94. The van der Waals surface area contributed by atoms with Gasteiger partial charge in [0.05, 0.1) is 6.54 Å². The van der Waals surface area contributed by atoms with Gasteiger partial charge in [-0.3, -0.25) is 14.4 Å². The molecule has 6 nitrogen and oxygen atoms in total. The van der Waals surface area contributed by atoms with Gasteiger partial charge in [0.15, 0.2) is 0 Å². The Morgan fingerprint density at radius 3 is 2.45 bits per heavy atom. The van der Waals surface area contributed by atoms with Crippen molar-refractivity contribution in [1.82, 2.24) is 10.2 Å². The molecule has 1 rings (SSSR count). The third kappa shape index (κ3) is 5.16. The summed E-state index contributed by atoms with van der Waals surface area (Å²) in [5, 5.41) is 4.92. The van der Waals surface area contributed by atoms with Gasteiger partial charge in [-0.25, -0.2) is 4.39 Å². The summed E-state index contributed by atoms with van der Waals surface area (Å²) in [5.41, 5.74) is 0.619. The molecule has 0 radical (unpaired) electrons. The summed E-state index contributed by atoms with van der Waals surface area (Å²) < 4.78 is 13.4. The minimum absolute atomic E-state index is 0.0552. The number of amides is 3. The molecule has 7 heteroatoms. The monoisotopic (exact) mass is 309 g/mol. The van der Waals surface area contributed by atoms with Crippen LogP contribution in [0.4, 0.5) is 10.1 Å². The molecule has 1 aromatic rings. The molecular weight excluding hydrogens is 289 g/mol. The van der Waals surface area contributed by atoms with Crippen molar-refractivity contribution in [3.05, 3.63) is 29.6 Å². The maximum atomic E-state index is 13.4. The van der Waals surface area contributed by atoms with E-state index in [-0.39, 0.29) is 24.2 Å². The van der Waals surface area contributed by atoms with Crippen LogP contribution in [0.15, 0.2) is 18.2 Å². The lowest BCUT2D eigenvalue weighted by atomic mass is 10.2. The fourth-order valence-electron chi connectivity index (χ4n) is 1.68. The number of hydrogen-bond donors (Lipinski definition) is 2. The Hall–Kier alpha value is -2.44. The van der Waals surface area contributed by atoms with Crippen molar-refractivity contribution in [1.29, 1.82) is 0 Å². The third-order valence-electron chi connectivity index (χ3n) is 2.80. The summed E-state index contributed by atoms with van der Waals surface area (Å²) in [4.78, 5) is 36.2. The maximum absolute atomic E-state index is 13.4. The van der Waals surface area contributed by atoms with Crippen LogP contribution in [0.2, 0.25) is 0 Å². The summed E-state index contributed by atoms with van der Waals surface area (Å²) in [6, 6.07) is 4.07. The first-order valence-electron chi connectivity index (χ1n) is 6.82. The van der Waals surface area contributed by atoms with Gasteiger partial charge in [0, 0.05) is 18.8 Å². The van der Waals surface area contributed by atoms with Crippen molar-refractivity contribution in [2.75, 3.05) is 18.9 Å². The Labute approximate surface area is 128 Å². The van der Waals surface area contributed by atoms with E-state index < -0.39 is 17.6 Å². The fourth-order valence-corrected chi connectivity index (χ4v) is 1.68. The van der Waals surface area contributed by atoms with Gasteiger partial charge >= 0.3 is 11.8 Å². The molecule has 0 aliphatic carbocycles. The summed E-state index contributed by atoms with van der Waals surface area (Å²) >= 11 is 0. The average molecular weight is 309 g/mol. The maximum Gasteiger partial charge on any atom is 0.313 e. The van der Waals surface area contributed by atoms with Gasteiger partial charge in [0.2, 0.25) is 5.91 Å². The van der Waals surface area contributed by atoms with E-state index in [1.807, 2.05) is 0 Å². The highest BCUT2D eigenvalue weighted by atomic mass is 19.1. The lowest BCUT2D eigenvalue weighted by Gasteiger charge is -2.17. The number of halogens is 1. The second-order valence-electron chi connectivity index (χ2n) is 5.30. The number of likely N-dealkylation sites (N-methyl/N-ethyl adjacent to an activating group) is 1. The average Bonchev–Trinajstić information content (AvgIpc) is 2.40. The van der Waals surface area contributed by atoms with Crippen molar-refractivity contribution >= 4 is 23.4 Å². The van der Waals surface area contributed by atoms with E-state index in [2.05, 4.69) is 10.6 Å². The number of nitrogens with one attached hydrogen (secondary N) is 2. The molecule has 0 atom stereocenters. The molecule has 0 unspecified atom stereocenters.